The molecule has 0 aliphatic carbocycles. The largest absolute Gasteiger partial charge is 0.384 e. The molecule has 1 fully saturated rings. The minimum Gasteiger partial charge on any atom is -0.384 e. The summed E-state index contributed by atoms with van der Waals surface area (Å²) in [5, 5.41) is 19.8. The van der Waals surface area contributed by atoms with Crippen LogP contribution in [0.4, 0.5) is 10.2 Å². The van der Waals surface area contributed by atoms with Gasteiger partial charge in [0.1, 0.15) is 24.1 Å². The predicted molar refractivity (Wildman–Crippen MR) is 75.0 cm³/mol. The van der Waals surface area contributed by atoms with Crippen molar-refractivity contribution >= 4 is 25.5 Å². The molecule has 23 heavy (non-hydrogen) atoms. The van der Waals surface area contributed by atoms with Gasteiger partial charge in [0, 0.05) is 0 Å². The molecule has 7 N–H and O–H groups in total. The number of ether oxygens (including phenoxy) is 1. The first kappa shape index (κ1) is 16.3. The van der Waals surface area contributed by atoms with Crippen LogP contribution in [0.3, 0.4) is 0 Å². The maximum atomic E-state index is 14.5. The van der Waals surface area contributed by atoms with Crippen LogP contribution >= 0.6 is 8.53 Å². The zero-order chi connectivity index (χ0) is 16.8. The van der Waals surface area contributed by atoms with Crippen LogP contribution in [0.1, 0.15) is 6.23 Å². The van der Waals surface area contributed by atoms with E-state index in [0.717, 1.165) is 17.2 Å². The maximum Gasteiger partial charge on any atom is 0.281 e. The Labute approximate surface area is 129 Å². The van der Waals surface area contributed by atoms with Gasteiger partial charge in [0.15, 0.2) is 17.7 Å². The molecular weight excluding hydrogens is 334 g/mol. The van der Waals surface area contributed by atoms with Gasteiger partial charge in [-0.1, -0.05) is 0 Å². The van der Waals surface area contributed by atoms with Gasteiger partial charge in [-0.15, -0.1) is 0 Å². The van der Waals surface area contributed by atoms with Crippen molar-refractivity contribution in [3.63, 3.8) is 0 Å². The summed E-state index contributed by atoms with van der Waals surface area (Å²) >= 11 is 0. The van der Waals surface area contributed by atoms with Gasteiger partial charge in [0.2, 0.25) is 8.53 Å². The number of hydrogen-bond donors (Lipinski definition) is 5. The number of hydrogen-bond acceptors (Lipinski definition) is 10. The minimum atomic E-state index is -3.14. The summed E-state index contributed by atoms with van der Waals surface area (Å²) < 4.78 is 25.7. The smallest absolute Gasteiger partial charge is 0.281 e. The van der Waals surface area contributed by atoms with E-state index >= 15 is 0 Å². The number of fused-ring (bicyclic) bond motifs is 1. The number of nitrogens with two attached hydrogens (primary N) is 2. The molecule has 2 aromatic heterocycles. The van der Waals surface area contributed by atoms with Gasteiger partial charge in [-0.05, 0) is 0 Å². The fourth-order valence-corrected chi connectivity index (χ4v) is 2.62. The minimum absolute atomic E-state index is 0.0728. The molecule has 0 aromatic carbocycles. The molecule has 11 nitrogen and oxygen atoms in total. The van der Waals surface area contributed by atoms with Crippen LogP contribution in [0, 0.1) is 0 Å². The molecule has 1 saturated heterocycles. The molecule has 3 heterocycles. The quantitative estimate of drug-likeness (QED) is 0.410. The van der Waals surface area contributed by atoms with Crippen molar-refractivity contribution in [1.82, 2.24) is 19.5 Å². The molecule has 0 bridgehead atoms. The molecule has 1 aliphatic rings. The van der Waals surface area contributed by atoms with E-state index in [1.54, 1.807) is 0 Å². The first-order valence-electron chi connectivity index (χ1n) is 6.36. The van der Waals surface area contributed by atoms with E-state index in [1.807, 2.05) is 0 Å². The third kappa shape index (κ3) is 2.74. The number of nitrogens with zero attached hydrogens (tertiary/aromatic N) is 4. The lowest BCUT2D eigenvalue weighted by molar-refractivity contribution is -0.195. The molecule has 126 valence electrons. The highest BCUT2D eigenvalue weighted by Crippen LogP contribution is 2.41. The summed E-state index contributed by atoms with van der Waals surface area (Å²) in [6.07, 6.45) is -2.53. The molecule has 0 saturated carbocycles. The van der Waals surface area contributed by atoms with Crippen molar-refractivity contribution in [2.45, 2.75) is 24.3 Å². The third-order valence-corrected chi connectivity index (χ3v) is 3.84. The highest BCUT2D eigenvalue weighted by molar-refractivity contribution is 7.43. The Morgan fingerprint density at radius 1 is 1.48 bits per heavy atom. The number of aliphatic hydroxyl groups is 2. The van der Waals surface area contributed by atoms with E-state index in [9.17, 15) is 14.6 Å². The van der Waals surface area contributed by atoms with Crippen molar-refractivity contribution in [3.05, 3.63) is 12.7 Å². The molecule has 0 spiro atoms. The van der Waals surface area contributed by atoms with Crippen molar-refractivity contribution in [1.29, 1.82) is 0 Å². The Morgan fingerprint density at radius 2 is 2.22 bits per heavy atom. The van der Waals surface area contributed by atoms with Crippen molar-refractivity contribution < 1.29 is 28.8 Å². The summed E-state index contributed by atoms with van der Waals surface area (Å²) in [6.45, 7) is -0.410. The normalized spacial score (nSPS) is 32.5. The van der Waals surface area contributed by atoms with Crippen LogP contribution in [-0.2, 0) is 9.26 Å². The number of aliphatic hydroxyl groups excluding tert-OH is 1. The number of anilines is 1. The topological polar surface area (TPSA) is 175 Å². The number of aromatic nitrogens is 4. The van der Waals surface area contributed by atoms with Gasteiger partial charge < -0.3 is 30.1 Å². The number of halogens is 1. The molecule has 0 amide bonds. The second-order valence-electron chi connectivity index (χ2n) is 4.88. The monoisotopic (exact) mass is 348 g/mol. The fraction of sp³-hybridized carbons (Fsp3) is 0.500. The Kier molecular flexibility index (Phi) is 4.14. The highest BCUT2D eigenvalue weighted by atomic mass is 31.2. The standard InChI is InChI=1S/C10H14FN6O5P/c11-10(19)6(18)4(1-21-23(13)20)22-9(10)17-3-16-5-7(12)14-2-15-8(5)17/h2-4,6,9,18-20H,1,13H2,(H2,12,14,15)/t4-,6-,9-,10-,23?/m1/s1. The number of alkyl halides is 1. The van der Waals surface area contributed by atoms with E-state index in [0.29, 0.717) is 0 Å². The van der Waals surface area contributed by atoms with E-state index in [-0.39, 0.29) is 17.0 Å². The molecule has 1 aliphatic heterocycles. The number of rotatable bonds is 4. The van der Waals surface area contributed by atoms with Crippen LogP contribution in [0.15, 0.2) is 12.7 Å². The third-order valence-electron chi connectivity index (χ3n) is 3.43. The first-order valence-corrected chi connectivity index (χ1v) is 7.65. The van der Waals surface area contributed by atoms with E-state index in [4.69, 9.17) is 25.4 Å². The summed E-state index contributed by atoms with van der Waals surface area (Å²) in [4.78, 5) is 20.5. The van der Waals surface area contributed by atoms with Crippen LogP contribution in [-0.4, -0.2) is 59.3 Å². The van der Waals surface area contributed by atoms with E-state index < -0.39 is 39.4 Å². The van der Waals surface area contributed by atoms with Gasteiger partial charge in [-0.3, -0.25) is 10.1 Å². The van der Waals surface area contributed by atoms with Crippen molar-refractivity contribution in [2.24, 2.45) is 5.50 Å². The van der Waals surface area contributed by atoms with Crippen LogP contribution in [0.5, 0.6) is 0 Å². The van der Waals surface area contributed by atoms with Crippen LogP contribution < -0.4 is 11.2 Å². The lowest BCUT2D eigenvalue weighted by atomic mass is 10.1. The van der Waals surface area contributed by atoms with Crippen LogP contribution in [0.2, 0.25) is 0 Å². The van der Waals surface area contributed by atoms with Gasteiger partial charge in [0.05, 0.1) is 12.9 Å². The van der Waals surface area contributed by atoms with Gasteiger partial charge in [0.25, 0.3) is 5.85 Å². The molecular formula is C10H14FN6O5P. The second-order valence-corrected chi connectivity index (χ2v) is 5.74. The van der Waals surface area contributed by atoms with Crippen LogP contribution in [0.25, 0.3) is 11.2 Å². The molecule has 13 heteroatoms. The fourth-order valence-electron chi connectivity index (χ4n) is 2.32. The average molecular weight is 348 g/mol. The number of imidazole rings is 1. The molecule has 0 radical (unpaired) electrons. The lowest BCUT2D eigenvalue weighted by Crippen LogP contribution is -2.43. The summed E-state index contributed by atoms with van der Waals surface area (Å²) in [5.74, 6) is -3.07. The Hall–Kier alpha value is -1.53. The first-order chi connectivity index (χ1) is 10.8. The SMILES string of the molecule is Nc1ncnc2c1ncn2[C@@H]1O[C@H](COP(N)O)[C@@H](O)[C@]1(O)F. The van der Waals surface area contributed by atoms with E-state index in [2.05, 4.69) is 15.0 Å². The van der Waals surface area contributed by atoms with E-state index in [1.165, 1.54) is 0 Å². The zero-order valence-corrected chi connectivity index (χ0v) is 12.4. The van der Waals surface area contributed by atoms with Gasteiger partial charge in [-0.25, -0.2) is 19.3 Å². The Morgan fingerprint density at radius 3 is 2.91 bits per heavy atom. The average Bonchev–Trinajstić information content (AvgIpc) is 2.99. The highest BCUT2D eigenvalue weighted by Gasteiger charge is 2.58. The lowest BCUT2D eigenvalue weighted by Gasteiger charge is -2.23. The zero-order valence-electron chi connectivity index (χ0n) is 11.5. The summed E-state index contributed by atoms with van der Waals surface area (Å²) in [6, 6.07) is 0. The molecule has 2 aromatic rings. The molecule has 1 unspecified atom stereocenters. The Balaban J connectivity index is 1.93. The van der Waals surface area contributed by atoms with Crippen molar-refractivity contribution in [2.75, 3.05) is 12.3 Å². The summed E-state index contributed by atoms with van der Waals surface area (Å²) in [5.41, 5.74) is 11.0. The molecule has 3 rings (SSSR count). The summed E-state index contributed by atoms with van der Waals surface area (Å²) in [7, 11) is -2.21. The predicted octanol–water partition coefficient (Wildman–Crippen LogP) is -1.48. The second kappa shape index (κ2) is 5.83. The van der Waals surface area contributed by atoms with Gasteiger partial charge >= 0.3 is 0 Å². The maximum absolute atomic E-state index is 14.5. The van der Waals surface area contributed by atoms with Crippen molar-refractivity contribution in [3.8, 4) is 0 Å². The van der Waals surface area contributed by atoms with Gasteiger partial charge in [-0.2, -0.15) is 0 Å². The molecule has 5 atom stereocenters. The Bertz CT molecular complexity index is 714. The number of nitrogen functional groups attached to an aromatic ring is 1.